The minimum atomic E-state index is -0.872. The number of aliphatic hydroxyl groups excluding tert-OH is 2. The summed E-state index contributed by atoms with van der Waals surface area (Å²) in [6.07, 6.45) is 46.0. The SMILES string of the molecule is CCCCCCCCCCC/C=C/C(O)C(CO)NC(=O)CCC/C=C\CCCCCCOC(=O)CCCCCCCCCCCCCCCC. The van der Waals surface area contributed by atoms with E-state index in [1.807, 2.05) is 6.08 Å². The van der Waals surface area contributed by atoms with E-state index in [4.69, 9.17) is 4.74 Å². The number of esters is 1. The predicted molar refractivity (Wildman–Crippen MR) is 218 cm³/mol. The minimum Gasteiger partial charge on any atom is -0.466 e. The fraction of sp³-hybridized carbons (Fsp3) is 0.867. The fourth-order valence-corrected chi connectivity index (χ4v) is 6.52. The van der Waals surface area contributed by atoms with Crippen LogP contribution in [0.5, 0.6) is 0 Å². The largest absolute Gasteiger partial charge is 0.466 e. The Morgan fingerprint density at radius 2 is 0.941 bits per heavy atom. The van der Waals surface area contributed by atoms with Crippen LogP contribution in [0, 0.1) is 0 Å². The maximum absolute atomic E-state index is 12.3. The van der Waals surface area contributed by atoms with Crippen molar-refractivity contribution in [3.63, 3.8) is 0 Å². The first-order valence-electron chi connectivity index (χ1n) is 22.1. The van der Waals surface area contributed by atoms with E-state index in [1.165, 1.54) is 128 Å². The van der Waals surface area contributed by atoms with Gasteiger partial charge in [-0.2, -0.15) is 0 Å². The fourth-order valence-electron chi connectivity index (χ4n) is 6.52. The molecule has 2 atom stereocenters. The highest BCUT2D eigenvalue weighted by molar-refractivity contribution is 5.76. The molecule has 300 valence electrons. The Bertz CT molecular complexity index is 797. The summed E-state index contributed by atoms with van der Waals surface area (Å²) in [5, 5.41) is 22.8. The number of ether oxygens (including phenoxy) is 1. The number of aliphatic hydroxyl groups is 2. The van der Waals surface area contributed by atoms with E-state index >= 15 is 0 Å². The maximum atomic E-state index is 12.3. The summed E-state index contributed by atoms with van der Waals surface area (Å²) < 4.78 is 5.42. The van der Waals surface area contributed by atoms with E-state index in [-0.39, 0.29) is 18.5 Å². The molecule has 0 heterocycles. The van der Waals surface area contributed by atoms with Gasteiger partial charge in [-0.05, 0) is 51.4 Å². The highest BCUT2D eigenvalue weighted by atomic mass is 16.5. The van der Waals surface area contributed by atoms with Crippen LogP contribution in [0.15, 0.2) is 24.3 Å². The van der Waals surface area contributed by atoms with Crippen LogP contribution in [0.3, 0.4) is 0 Å². The summed E-state index contributed by atoms with van der Waals surface area (Å²) in [6.45, 7) is 4.78. The third-order valence-electron chi connectivity index (χ3n) is 9.97. The summed E-state index contributed by atoms with van der Waals surface area (Å²) in [7, 11) is 0. The molecule has 0 spiro atoms. The second-order valence-electron chi connectivity index (χ2n) is 15.0. The van der Waals surface area contributed by atoms with Gasteiger partial charge >= 0.3 is 5.97 Å². The first-order chi connectivity index (χ1) is 25.0. The monoisotopic (exact) mass is 720 g/mol. The lowest BCUT2D eigenvalue weighted by atomic mass is 10.0. The number of hydrogen-bond acceptors (Lipinski definition) is 5. The summed E-state index contributed by atoms with van der Waals surface area (Å²) in [4.78, 5) is 24.3. The summed E-state index contributed by atoms with van der Waals surface area (Å²) in [5.41, 5.74) is 0. The van der Waals surface area contributed by atoms with Gasteiger partial charge in [0, 0.05) is 12.8 Å². The molecule has 0 aliphatic rings. The Balaban J connectivity index is 3.58. The average molecular weight is 720 g/mol. The lowest BCUT2D eigenvalue weighted by Crippen LogP contribution is -2.45. The van der Waals surface area contributed by atoms with Crippen molar-refractivity contribution in [3.8, 4) is 0 Å². The van der Waals surface area contributed by atoms with Crippen LogP contribution in [-0.2, 0) is 14.3 Å². The van der Waals surface area contributed by atoms with Gasteiger partial charge in [-0.25, -0.2) is 0 Å². The van der Waals surface area contributed by atoms with Gasteiger partial charge in [0.1, 0.15) is 0 Å². The van der Waals surface area contributed by atoms with Gasteiger partial charge in [0.25, 0.3) is 0 Å². The molecule has 6 nitrogen and oxygen atoms in total. The molecule has 2 unspecified atom stereocenters. The molecule has 0 aromatic carbocycles. The first-order valence-corrected chi connectivity index (χ1v) is 22.1. The van der Waals surface area contributed by atoms with Crippen molar-refractivity contribution in [1.29, 1.82) is 0 Å². The third kappa shape index (κ3) is 37.9. The normalized spacial score (nSPS) is 12.9. The predicted octanol–water partition coefficient (Wildman–Crippen LogP) is 12.4. The standard InChI is InChI=1S/C45H85NO5/c1-3-5-7-9-11-13-15-16-17-19-23-27-31-35-39-45(50)51-40-36-32-28-24-20-22-26-30-34-38-44(49)46-42(41-47)43(48)37-33-29-25-21-18-14-12-10-8-6-4-2/h22,26,33,37,42-43,47-48H,3-21,23-25,27-32,34-36,38-41H2,1-2H3,(H,46,49)/b26-22-,37-33+. The molecule has 0 rings (SSSR count). The third-order valence-corrected chi connectivity index (χ3v) is 9.97. The lowest BCUT2D eigenvalue weighted by molar-refractivity contribution is -0.143. The van der Waals surface area contributed by atoms with E-state index < -0.39 is 12.1 Å². The second-order valence-corrected chi connectivity index (χ2v) is 15.0. The van der Waals surface area contributed by atoms with Gasteiger partial charge in [-0.15, -0.1) is 0 Å². The van der Waals surface area contributed by atoms with Gasteiger partial charge in [0.2, 0.25) is 5.91 Å². The van der Waals surface area contributed by atoms with E-state index in [0.29, 0.717) is 19.4 Å². The Labute approximate surface area is 316 Å². The zero-order valence-electron chi connectivity index (χ0n) is 33.8. The summed E-state index contributed by atoms with van der Waals surface area (Å²) in [6, 6.07) is -0.662. The zero-order valence-corrected chi connectivity index (χ0v) is 33.8. The van der Waals surface area contributed by atoms with Crippen LogP contribution in [-0.4, -0.2) is 47.4 Å². The summed E-state index contributed by atoms with van der Waals surface area (Å²) >= 11 is 0. The van der Waals surface area contributed by atoms with Crippen molar-refractivity contribution in [2.75, 3.05) is 13.2 Å². The van der Waals surface area contributed by atoms with E-state index in [2.05, 4.69) is 31.3 Å². The molecule has 0 aliphatic carbocycles. The highest BCUT2D eigenvalue weighted by Crippen LogP contribution is 2.14. The number of unbranched alkanes of at least 4 members (excludes halogenated alkanes) is 27. The van der Waals surface area contributed by atoms with Crippen molar-refractivity contribution in [1.82, 2.24) is 5.32 Å². The lowest BCUT2D eigenvalue weighted by Gasteiger charge is -2.19. The van der Waals surface area contributed by atoms with Crippen molar-refractivity contribution in [3.05, 3.63) is 24.3 Å². The molecular weight excluding hydrogens is 634 g/mol. The molecule has 0 saturated heterocycles. The Morgan fingerprint density at radius 1 is 0.529 bits per heavy atom. The molecule has 0 aromatic rings. The molecule has 0 saturated carbocycles. The Hall–Kier alpha value is -1.66. The molecule has 6 heteroatoms. The number of nitrogens with one attached hydrogen (secondary N) is 1. The number of rotatable bonds is 40. The van der Waals surface area contributed by atoms with Crippen molar-refractivity contribution >= 4 is 11.9 Å². The minimum absolute atomic E-state index is 0.0370. The van der Waals surface area contributed by atoms with Gasteiger partial charge in [-0.3, -0.25) is 9.59 Å². The van der Waals surface area contributed by atoms with Crippen LogP contribution in [0.1, 0.15) is 226 Å². The smallest absolute Gasteiger partial charge is 0.305 e. The molecule has 0 bridgehead atoms. The average Bonchev–Trinajstić information content (AvgIpc) is 3.13. The molecule has 3 N–H and O–H groups in total. The van der Waals surface area contributed by atoms with Gasteiger partial charge in [-0.1, -0.05) is 186 Å². The molecule has 0 fully saturated rings. The van der Waals surface area contributed by atoms with Gasteiger partial charge < -0.3 is 20.3 Å². The molecule has 51 heavy (non-hydrogen) atoms. The van der Waals surface area contributed by atoms with Crippen molar-refractivity contribution in [2.24, 2.45) is 0 Å². The number of amides is 1. The molecule has 1 amide bonds. The van der Waals surface area contributed by atoms with Crippen LogP contribution in [0.4, 0.5) is 0 Å². The molecule has 0 radical (unpaired) electrons. The van der Waals surface area contributed by atoms with Crippen molar-refractivity contribution in [2.45, 2.75) is 238 Å². The van der Waals surface area contributed by atoms with E-state index in [1.54, 1.807) is 6.08 Å². The molecule has 0 aromatic heterocycles. The molecular formula is C45H85NO5. The van der Waals surface area contributed by atoms with E-state index in [0.717, 1.165) is 70.6 Å². The van der Waals surface area contributed by atoms with Crippen molar-refractivity contribution < 1.29 is 24.5 Å². The second kappa shape index (κ2) is 41.1. The maximum Gasteiger partial charge on any atom is 0.305 e. The van der Waals surface area contributed by atoms with E-state index in [9.17, 15) is 19.8 Å². The summed E-state index contributed by atoms with van der Waals surface area (Å²) in [5.74, 6) is -0.167. The Morgan fingerprint density at radius 3 is 1.43 bits per heavy atom. The topological polar surface area (TPSA) is 95.9 Å². The highest BCUT2D eigenvalue weighted by Gasteiger charge is 2.17. The number of carbonyl (C=O) groups is 2. The van der Waals surface area contributed by atoms with Crippen LogP contribution in [0.2, 0.25) is 0 Å². The van der Waals surface area contributed by atoms with Crippen LogP contribution < -0.4 is 5.32 Å². The zero-order chi connectivity index (χ0) is 37.3. The number of allylic oxidation sites excluding steroid dienone is 3. The van der Waals surface area contributed by atoms with Crippen LogP contribution >= 0.6 is 0 Å². The molecule has 0 aliphatic heterocycles. The quantitative estimate of drug-likeness (QED) is 0.0333. The number of hydrogen-bond donors (Lipinski definition) is 3. The Kier molecular flexibility index (Phi) is 39.8. The number of carbonyl (C=O) groups excluding carboxylic acids is 2. The van der Waals surface area contributed by atoms with Gasteiger partial charge in [0.05, 0.1) is 25.4 Å². The van der Waals surface area contributed by atoms with Gasteiger partial charge in [0.15, 0.2) is 0 Å². The first kappa shape index (κ1) is 49.3. The van der Waals surface area contributed by atoms with Crippen LogP contribution in [0.25, 0.3) is 0 Å².